The zero-order valence-electron chi connectivity index (χ0n) is 6.50. The van der Waals surface area contributed by atoms with E-state index in [1.807, 2.05) is 24.3 Å². The summed E-state index contributed by atoms with van der Waals surface area (Å²) in [5.74, 6) is 0. The summed E-state index contributed by atoms with van der Waals surface area (Å²) in [4.78, 5) is 0. The molecule has 0 spiro atoms. The minimum absolute atomic E-state index is 0. The summed E-state index contributed by atoms with van der Waals surface area (Å²) in [6.07, 6.45) is 0. The standard InChI is InChI=1S/C8H10INO.ClH/c9-7-3-1-6(2-4-7)8(10)5-11;/h1-4,8,11H,5,10H2;1H. The Bertz CT molecular complexity index is 227. The molecule has 0 bridgehead atoms. The summed E-state index contributed by atoms with van der Waals surface area (Å²) in [5, 5.41) is 8.79. The Kier molecular flexibility index (Phi) is 5.82. The molecule has 1 aromatic carbocycles. The minimum Gasteiger partial charge on any atom is -1.00 e. The van der Waals surface area contributed by atoms with Crippen LogP contribution >= 0.6 is 22.6 Å². The van der Waals surface area contributed by atoms with Crippen LogP contribution in [0.4, 0.5) is 0 Å². The SMILES string of the molecule is [Cl-].[NH3+]C(CO)c1ccc(I)cc1. The molecule has 12 heavy (non-hydrogen) atoms. The predicted octanol–water partition coefficient (Wildman–Crippen LogP) is -2.43. The zero-order chi connectivity index (χ0) is 8.27. The molecular formula is C8H11ClINO. The fraction of sp³-hybridized carbons (Fsp3) is 0.250. The Morgan fingerprint density at radius 1 is 1.33 bits per heavy atom. The molecule has 0 fully saturated rings. The molecule has 68 valence electrons. The average molecular weight is 300 g/mol. The number of quaternary nitrogens is 1. The smallest absolute Gasteiger partial charge is 0.133 e. The third-order valence-electron chi connectivity index (χ3n) is 1.56. The van der Waals surface area contributed by atoms with Crippen molar-refractivity contribution in [3.63, 3.8) is 0 Å². The van der Waals surface area contributed by atoms with Crippen molar-refractivity contribution >= 4 is 22.6 Å². The fourth-order valence-corrected chi connectivity index (χ4v) is 1.20. The van der Waals surface area contributed by atoms with Crippen molar-refractivity contribution in [2.45, 2.75) is 6.04 Å². The van der Waals surface area contributed by atoms with Crippen LogP contribution in [0.3, 0.4) is 0 Å². The van der Waals surface area contributed by atoms with Gasteiger partial charge in [0.1, 0.15) is 6.04 Å². The van der Waals surface area contributed by atoms with E-state index in [0.717, 1.165) is 5.56 Å². The van der Waals surface area contributed by atoms with Gasteiger partial charge in [0.25, 0.3) is 0 Å². The summed E-state index contributed by atoms with van der Waals surface area (Å²) < 4.78 is 1.21. The molecule has 2 nitrogen and oxygen atoms in total. The number of hydrogen-bond donors (Lipinski definition) is 2. The van der Waals surface area contributed by atoms with Crippen molar-refractivity contribution in [3.8, 4) is 0 Å². The molecule has 4 heteroatoms. The van der Waals surface area contributed by atoms with Gasteiger partial charge in [-0.25, -0.2) is 0 Å². The lowest BCUT2D eigenvalue weighted by Crippen LogP contribution is -3.00. The van der Waals surface area contributed by atoms with Crippen molar-refractivity contribution < 1.29 is 23.2 Å². The molecule has 0 aliphatic carbocycles. The number of benzene rings is 1. The highest BCUT2D eigenvalue weighted by Gasteiger charge is 2.05. The normalized spacial score (nSPS) is 11.9. The second kappa shape index (κ2) is 5.75. The molecule has 4 N–H and O–H groups in total. The van der Waals surface area contributed by atoms with E-state index in [1.165, 1.54) is 3.57 Å². The van der Waals surface area contributed by atoms with Gasteiger partial charge in [-0.3, -0.25) is 0 Å². The minimum atomic E-state index is 0. The predicted molar refractivity (Wildman–Crippen MR) is 51.9 cm³/mol. The van der Waals surface area contributed by atoms with Gasteiger partial charge in [-0.05, 0) is 34.7 Å². The van der Waals surface area contributed by atoms with Crippen LogP contribution in [0.15, 0.2) is 24.3 Å². The molecule has 0 radical (unpaired) electrons. The highest BCUT2D eigenvalue weighted by molar-refractivity contribution is 14.1. The van der Waals surface area contributed by atoms with Crippen LogP contribution in [0.1, 0.15) is 11.6 Å². The highest BCUT2D eigenvalue weighted by atomic mass is 127. The topological polar surface area (TPSA) is 47.9 Å². The second-order valence-corrected chi connectivity index (χ2v) is 3.68. The summed E-state index contributed by atoms with van der Waals surface area (Å²) in [6, 6.07) is 8.03. The summed E-state index contributed by atoms with van der Waals surface area (Å²) in [6.45, 7) is 0.112. The monoisotopic (exact) mass is 299 g/mol. The summed E-state index contributed by atoms with van der Waals surface area (Å²) >= 11 is 2.25. The number of hydrogen-bond acceptors (Lipinski definition) is 1. The number of rotatable bonds is 2. The molecule has 0 aliphatic heterocycles. The van der Waals surface area contributed by atoms with Crippen LogP contribution in [0.25, 0.3) is 0 Å². The van der Waals surface area contributed by atoms with Crippen LogP contribution in [0, 0.1) is 3.57 Å². The zero-order valence-corrected chi connectivity index (χ0v) is 9.42. The van der Waals surface area contributed by atoms with Crippen molar-refractivity contribution in [1.29, 1.82) is 0 Å². The maximum atomic E-state index is 8.79. The van der Waals surface area contributed by atoms with E-state index < -0.39 is 0 Å². The second-order valence-electron chi connectivity index (χ2n) is 2.43. The largest absolute Gasteiger partial charge is 1.00 e. The Labute approximate surface area is 91.7 Å². The van der Waals surface area contributed by atoms with Gasteiger partial charge < -0.3 is 23.2 Å². The molecule has 0 saturated heterocycles. The maximum absolute atomic E-state index is 8.79. The third-order valence-corrected chi connectivity index (χ3v) is 2.28. The molecule has 1 atom stereocenters. The molecule has 0 aromatic heterocycles. The Morgan fingerprint density at radius 3 is 2.25 bits per heavy atom. The number of aliphatic hydroxyl groups excluding tert-OH is 1. The van der Waals surface area contributed by atoms with Crippen molar-refractivity contribution in [1.82, 2.24) is 0 Å². The summed E-state index contributed by atoms with van der Waals surface area (Å²) in [7, 11) is 0. The van der Waals surface area contributed by atoms with E-state index >= 15 is 0 Å². The average Bonchev–Trinajstić information content (AvgIpc) is 2.05. The Hall–Kier alpha value is 0.160. The van der Waals surface area contributed by atoms with Gasteiger partial charge >= 0.3 is 0 Å². The Morgan fingerprint density at radius 2 is 1.83 bits per heavy atom. The van der Waals surface area contributed by atoms with Crippen LogP contribution in [-0.2, 0) is 0 Å². The molecule has 0 saturated carbocycles. The lowest BCUT2D eigenvalue weighted by Gasteiger charge is -2.03. The van der Waals surface area contributed by atoms with Crippen LogP contribution in [0.2, 0.25) is 0 Å². The van der Waals surface area contributed by atoms with E-state index in [4.69, 9.17) is 5.11 Å². The van der Waals surface area contributed by atoms with E-state index in [1.54, 1.807) is 0 Å². The van der Waals surface area contributed by atoms with Gasteiger partial charge in [0, 0.05) is 9.13 Å². The third kappa shape index (κ3) is 3.26. The van der Waals surface area contributed by atoms with Crippen molar-refractivity contribution in [2.24, 2.45) is 0 Å². The number of aliphatic hydroxyl groups is 1. The lowest BCUT2D eigenvalue weighted by molar-refractivity contribution is -0.432. The van der Waals surface area contributed by atoms with Crippen LogP contribution < -0.4 is 18.1 Å². The van der Waals surface area contributed by atoms with E-state index in [-0.39, 0.29) is 25.1 Å². The van der Waals surface area contributed by atoms with E-state index in [2.05, 4.69) is 28.3 Å². The van der Waals surface area contributed by atoms with Crippen LogP contribution in [-0.4, -0.2) is 11.7 Å². The quantitative estimate of drug-likeness (QED) is 0.586. The van der Waals surface area contributed by atoms with Gasteiger partial charge in [-0.15, -0.1) is 0 Å². The first-order valence-corrected chi connectivity index (χ1v) is 4.51. The first-order valence-electron chi connectivity index (χ1n) is 3.43. The molecule has 1 unspecified atom stereocenters. The Balaban J connectivity index is 0.00000121. The van der Waals surface area contributed by atoms with Crippen LogP contribution in [0.5, 0.6) is 0 Å². The maximum Gasteiger partial charge on any atom is 0.133 e. The van der Waals surface area contributed by atoms with Gasteiger partial charge in [-0.2, -0.15) is 0 Å². The molecular weight excluding hydrogens is 288 g/mol. The van der Waals surface area contributed by atoms with Gasteiger partial charge in [-0.1, -0.05) is 12.1 Å². The van der Waals surface area contributed by atoms with Crippen molar-refractivity contribution in [2.75, 3.05) is 6.61 Å². The molecule has 1 rings (SSSR count). The summed E-state index contributed by atoms with van der Waals surface area (Å²) in [5.41, 5.74) is 4.89. The van der Waals surface area contributed by atoms with E-state index in [0.29, 0.717) is 0 Å². The fourth-order valence-electron chi connectivity index (χ4n) is 0.840. The van der Waals surface area contributed by atoms with Crippen molar-refractivity contribution in [3.05, 3.63) is 33.4 Å². The molecule has 0 amide bonds. The highest BCUT2D eigenvalue weighted by Crippen LogP contribution is 2.10. The van der Waals surface area contributed by atoms with Gasteiger partial charge in [0.15, 0.2) is 0 Å². The van der Waals surface area contributed by atoms with Gasteiger partial charge in [0.2, 0.25) is 0 Å². The first-order chi connectivity index (χ1) is 5.24. The molecule has 0 heterocycles. The van der Waals surface area contributed by atoms with Gasteiger partial charge in [0.05, 0.1) is 6.61 Å². The first kappa shape index (κ1) is 12.2. The van der Waals surface area contributed by atoms with E-state index in [9.17, 15) is 0 Å². The number of halogens is 2. The lowest BCUT2D eigenvalue weighted by atomic mass is 10.1. The molecule has 0 aliphatic rings. The molecule has 1 aromatic rings.